The summed E-state index contributed by atoms with van der Waals surface area (Å²) in [5, 5.41) is 3.17. The number of halogens is 2. The summed E-state index contributed by atoms with van der Waals surface area (Å²) >= 11 is 0. The van der Waals surface area contributed by atoms with E-state index < -0.39 is 32.7 Å². The second-order valence-corrected chi connectivity index (χ2v) is 7.02. The lowest BCUT2D eigenvalue weighted by Gasteiger charge is -2.11. The van der Waals surface area contributed by atoms with Gasteiger partial charge in [0.25, 0.3) is 5.16 Å². The average molecular weight is 313 g/mol. The van der Waals surface area contributed by atoms with E-state index in [2.05, 4.69) is 10.1 Å². The highest BCUT2D eigenvalue weighted by Crippen LogP contribution is 2.39. The third-order valence-corrected chi connectivity index (χ3v) is 5.05. The molecule has 112 valence electrons. The van der Waals surface area contributed by atoms with E-state index in [0.717, 1.165) is 12.5 Å². The molecule has 0 unspecified atom stereocenters. The van der Waals surface area contributed by atoms with Crippen molar-refractivity contribution in [1.29, 1.82) is 0 Å². The number of rotatable bonds is 3. The smallest absolute Gasteiger partial charge is 0.239 e. The van der Waals surface area contributed by atoms with E-state index in [1.807, 2.05) is 6.07 Å². The Balaban J connectivity index is 2.07. The molecule has 0 radical (unpaired) electrons. The van der Waals surface area contributed by atoms with E-state index in [-0.39, 0.29) is 12.2 Å². The summed E-state index contributed by atoms with van der Waals surface area (Å²) in [6, 6.07) is 8.62. The summed E-state index contributed by atoms with van der Waals surface area (Å²) in [5.74, 6) is -0.0666. The molecule has 0 fully saturated rings. The first-order valence-corrected chi connectivity index (χ1v) is 7.99. The Morgan fingerprint density at radius 3 is 2.62 bits per heavy atom. The Morgan fingerprint density at radius 2 is 2.00 bits per heavy atom. The van der Waals surface area contributed by atoms with Gasteiger partial charge in [0.2, 0.25) is 15.3 Å². The zero-order valence-electron chi connectivity index (χ0n) is 11.1. The van der Waals surface area contributed by atoms with Crippen molar-refractivity contribution in [3.63, 3.8) is 0 Å². The van der Waals surface area contributed by atoms with Gasteiger partial charge in [-0.3, -0.25) is 0 Å². The summed E-state index contributed by atoms with van der Waals surface area (Å²) in [5.41, 5.74) is -1.32. The van der Waals surface area contributed by atoms with Gasteiger partial charge in [0, 0.05) is 6.42 Å². The van der Waals surface area contributed by atoms with Crippen LogP contribution >= 0.6 is 0 Å². The first kappa shape index (κ1) is 14.1. The minimum atomic E-state index is -4.26. The van der Waals surface area contributed by atoms with Crippen molar-refractivity contribution in [2.45, 2.75) is 36.2 Å². The number of sulfone groups is 1. The highest BCUT2D eigenvalue weighted by Gasteiger charge is 2.38. The fourth-order valence-corrected chi connectivity index (χ4v) is 3.09. The van der Waals surface area contributed by atoms with E-state index in [4.69, 9.17) is 0 Å². The molecule has 1 aliphatic heterocycles. The fourth-order valence-electron chi connectivity index (χ4n) is 2.38. The Bertz CT molecular complexity index is 759. The molecule has 8 heteroatoms. The lowest BCUT2D eigenvalue weighted by Crippen LogP contribution is -2.16. The van der Waals surface area contributed by atoms with Crippen LogP contribution in [0.1, 0.15) is 36.9 Å². The molecule has 5 nitrogen and oxygen atoms in total. The summed E-state index contributed by atoms with van der Waals surface area (Å²) < 4.78 is 52.0. The largest absolute Gasteiger partial charge is 0.270 e. The maximum absolute atomic E-state index is 14.0. The number of benzene rings is 1. The molecule has 0 bridgehead atoms. The summed E-state index contributed by atoms with van der Waals surface area (Å²) in [4.78, 5) is 3.69. The Labute approximate surface area is 120 Å². The van der Waals surface area contributed by atoms with Crippen molar-refractivity contribution in [3.05, 3.63) is 41.7 Å². The quantitative estimate of drug-likeness (QED) is 0.872. The van der Waals surface area contributed by atoms with E-state index in [1.54, 1.807) is 24.3 Å². The monoisotopic (exact) mass is 313 g/mol. The molecule has 3 atom stereocenters. The number of hydrogen-bond acceptors (Lipinski definition) is 4. The van der Waals surface area contributed by atoms with Crippen LogP contribution in [0.5, 0.6) is 0 Å². The standard InChI is InChI=1S/C13H13F2N3O2S/c1-8(14)21(19,20)13-16-12-10(15)7-11(18(12)17-13)9-5-3-2-4-6-9/h2-6,8,10-11H,7H2,1H3/t8-,10+,11+/m1/s1. The van der Waals surface area contributed by atoms with Crippen LogP contribution in [0, 0.1) is 0 Å². The third kappa shape index (κ3) is 2.23. The molecule has 0 N–H and O–H groups in total. The fraction of sp³-hybridized carbons (Fsp3) is 0.385. The van der Waals surface area contributed by atoms with Crippen LogP contribution in [0.2, 0.25) is 0 Å². The minimum Gasteiger partial charge on any atom is -0.239 e. The van der Waals surface area contributed by atoms with Crippen LogP contribution in [0.15, 0.2) is 35.5 Å². The number of aromatic nitrogens is 3. The molecule has 1 aromatic carbocycles. The Kier molecular flexibility index (Phi) is 3.27. The van der Waals surface area contributed by atoms with Crippen molar-refractivity contribution < 1.29 is 17.2 Å². The average Bonchev–Trinajstić information content (AvgIpc) is 3.01. The first-order chi connectivity index (χ1) is 9.91. The van der Waals surface area contributed by atoms with Crippen molar-refractivity contribution in [1.82, 2.24) is 14.8 Å². The highest BCUT2D eigenvalue weighted by atomic mass is 32.2. The van der Waals surface area contributed by atoms with Gasteiger partial charge in [-0.15, -0.1) is 5.10 Å². The molecule has 0 spiro atoms. The Morgan fingerprint density at radius 1 is 1.33 bits per heavy atom. The number of nitrogens with zero attached hydrogens (tertiary/aromatic N) is 3. The topological polar surface area (TPSA) is 64.8 Å². The zero-order chi connectivity index (χ0) is 15.2. The zero-order valence-corrected chi connectivity index (χ0v) is 12.0. The van der Waals surface area contributed by atoms with Crippen molar-refractivity contribution >= 4 is 9.84 Å². The van der Waals surface area contributed by atoms with E-state index in [9.17, 15) is 17.2 Å². The third-order valence-electron chi connectivity index (χ3n) is 3.51. The number of alkyl halides is 2. The normalized spacial score (nSPS) is 23.0. The predicted molar refractivity (Wildman–Crippen MR) is 70.8 cm³/mol. The van der Waals surface area contributed by atoms with Gasteiger partial charge in [-0.1, -0.05) is 30.3 Å². The summed E-state index contributed by atoms with van der Waals surface area (Å²) in [6.07, 6.45) is -1.27. The van der Waals surface area contributed by atoms with Crippen molar-refractivity contribution in [2.24, 2.45) is 0 Å². The van der Waals surface area contributed by atoms with Gasteiger partial charge < -0.3 is 0 Å². The minimum absolute atomic E-state index is 0.0666. The molecule has 0 amide bonds. The van der Waals surface area contributed by atoms with Gasteiger partial charge in [-0.25, -0.2) is 21.9 Å². The molecule has 2 heterocycles. The predicted octanol–water partition coefficient (Wildman–Crippen LogP) is 2.37. The molecule has 0 saturated carbocycles. The second kappa shape index (κ2) is 4.87. The first-order valence-electron chi connectivity index (χ1n) is 6.44. The number of hydrogen-bond donors (Lipinski definition) is 0. The van der Waals surface area contributed by atoms with Gasteiger partial charge in [0.05, 0.1) is 6.04 Å². The Hall–Kier alpha value is -1.83. The van der Waals surface area contributed by atoms with E-state index in [1.165, 1.54) is 4.68 Å². The SMILES string of the molecule is C[C@H](F)S(=O)(=O)c1nc2n(n1)[C@H](c1ccccc1)C[C@@H]2F. The van der Waals surface area contributed by atoms with Crippen LogP contribution in [-0.2, 0) is 9.84 Å². The van der Waals surface area contributed by atoms with Crippen molar-refractivity contribution in [2.75, 3.05) is 0 Å². The van der Waals surface area contributed by atoms with Gasteiger partial charge >= 0.3 is 0 Å². The van der Waals surface area contributed by atoms with Gasteiger partial charge in [0.1, 0.15) is 0 Å². The molecule has 0 aliphatic carbocycles. The molecule has 3 rings (SSSR count). The summed E-state index contributed by atoms with van der Waals surface area (Å²) in [6.45, 7) is 0.892. The maximum Gasteiger partial charge on any atom is 0.270 e. The van der Waals surface area contributed by atoms with Crippen molar-refractivity contribution in [3.8, 4) is 0 Å². The molecule has 2 aromatic rings. The van der Waals surface area contributed by atoms with Crippen LogP contribution in [0.4, 0.5) is 8.78 Å². The van der Waals surface area contributed by atoms with Crippen LogP contribution in [0.3, 0.4) is 0 Å². The molecule has 21 heavy (non-hydrogen) atoms. The molecular weight excluding hydrogens is 300 g/mol. The van der Waals surface area contributed by atoms with Gasteiger partial charge in [-0.05, 0) is 12.5 Å². The summed E-state index contributed by atoms with van der Waals surface area (Å²) in [7, 11) is -4.26. The lowest BCUT2D eigenvalue weighted by molar-refractivity contribution is 0.326. The van der Waals surface area contributed by atoms with Crippen LogP contribution in [-0.4, -0.2) is 28.7 Å². The highest BCUT2D eigenvalue weighted by molar-refractivity contribution is 7.91. The number of fused-ring (bicyclic) bond motifs is 1. The second-order valence-electron chi connectivity index (χ2n) is 4.91. The molecule has 0 saturated heterocycles. The van der Waals surface area contributed by atoms with E-state index >= 15 is 0 Å². The van der Waals surface area contributed by atoms with Gasteiger partial charge in [-0.2, -0.15) is 4.98 Å². The molecule has 1 aromatic heterocycles. The van der Waals surface area contributed by atoms with Crippen LogP contribution < -0.4 is 0 Å². The molecule has 1 aliphatic rings. The lowest BCUT2D eigenvalue weighted by atomic mass is 10.0. The van der Waals surface area contributed by atoms with E-state index in [0.29, 0.717) is 0 Å². The van der Waals surface area contributed by atoms with Gasteiger partial charge in [0.15, 0.2) is 12.0 Å². The van der Waals surface area contributed by atoms with Crippen LogP contribution in [0.25, 0.3) is 0 Å². The molecular formula is C13H13F2N3O2S. The maximum atomic E-state index is 14.0.